The highest BCUT2D eigenvalue weighted by Crippen LogP contribution is 1.98. The van der Waals surface area contributed by atoms with Crippen LogP contribution in [0, 0.1) is 0 Å². The molecule has 0 spiro atoms. The van der Waals surface area contributed by atoms with Gasteiger partial charge in [-0.25, -0.2) is 0 Å². The van der Waals surface area contributed by atoms with Crippen LogP contribution >= 0.6 is 8.25 Å². The van der Waals surface area contributed by atoms with E-state index < -0.39 is 14.2 Å². The van der Waals surface area contributed by atoms with Crippen LogP contribution in [0.25, 0.3) is 0 Å². The van der Waals surface area contributed by atoms with E-state index in [9.17, 15) is 4.79 Å². The van der Waals surface area contributed by atoms with Crippen molar-refractivity contribution in [1.29, 1.82) is 0 Å². The third-order valence-electron chi connectivity index (χ3n) is 0.701. The number of hydrogen-bond donors (Lipinski definition) is 3. The monoisotopic (exact) mass is 210 g/mol. The van der Waals surface area contributed by atoms with Crippen molar-refractivity contribution in [2.24, 2.45) is 5.73 Å². The Labute approximate surface area is 79.2 Å². The van der Waals surface area contributed by atoms with Crippen LogP contribution in [-0.2, 0) is 9.36 Å². The van der Waals surface area contributed by atoms with Crippen LogP contribution in [0.5, 0.6) is 0 Å². The Morgan fingerprint density at radius 2 is 1.62 bits per heavy atom. The lowest BCUT2D eigenvalue weighted by Gasteiger charge is -1.68. The summed E-state index contributed by atoms with van der Waals surface area (Å²) in [5, 5.41) is 0. The van der Waals surface area contributed by atoms with Crippen LogP contribution in [0.15, 0.2) is 12.7 Å². The number of carbonyl (C=O) groups excluding carboxylic acids is 1. The number of nitrogens with two attached hydrogens (primary N) is 1. The van der Waals surface area contributed by atoms with E-state index in [0.717, 1.165) is 6.08 Å². The standard InChI is InChI=1S/C4H10.C3H5NO.HO3P/c1-3-4-2;1-2-3(4)5;1-4(2)3/h3-4H2,1-2H3;2H,1H2,(H2,4,5);(H-,1,2,3)/p+1. The lowest BCUT2D eigenvalue weighted by molar-refractivity contribution is -0.113. The van der Waals surface area contributed by atoms with Crippen molar-refractivity contribution in [3.63, 3.8) is 0 Å². The molecule has 6 heteroatoms. The summed E-state index contributed by atoms with van der Waals surface area (Å²) in [4.78, 5) is 23.7. The number of rotatable bonds is 2. The van der Waals surface area contributed by atoms with Gasteiger partial charge in [-0.1, -0.05) is 33.3 Å². The number of unbranched alkanes of at least 4 members (excludes halogenated alkanes) is 1. The number of hydrogen-bond acceptors (Lipinski definition) is 2. The van der Waals surface area contributed by atoms with Crippen molar-refractivity contribution < 1.29 is 19.1 Å². The fraction of sp³-hybridized carbons (Fsp3) is 0.571. The maximum atomic E-state index is 9.47. The zero-order chi connectivity index (χ0) is 11.3. The SMILES string of the molecule is C=CC(N)=O.CCCC.O=[P+](O)O. The molecule has 0 aromatic rings. The zero-order valence-corrected chi connectivity index (χ0v) is 8.83. The van der Waals surface area contributed by atoms with Gasteiger partial charge >= 0.3 is 8.25 Å². The van der Waals surface area contributed by atoms with Crippen LogP contribution in [-0.4, -0.2) is 15.7 Å². The minimum atomic E-state index is -2.87. The lowest BCUT2D eigenvalue weighted by Crippen LogP contribution is -2.04. The van der Waals surface area contributed by atoms with Gasteiger partial charge in [-0.2, -0.15) is 0 Å². The van der Waals surface area contributed by atoms with E-state index in [1.807, 2.05) is 0 Å². The topological polar surface area (TPSA) is 101 Å². The van der Waals surface area contributed by atoms with E-state index in [1.165, 1.54) is 12.8 Å². The van der Waals surface area contributed by atoms with Gasteiger partial charge in [0.25, 0.3) is 0 Å². The molecule has 0 fully saturated rings. The van der Waals surface area contributed by atoms with E-state index in [4.69, 9.17) is 14.4 Å². The second kappa shape index (κ2) is 17.4. The largest absolute Gasteiger partial charge is 0.692 e. The van der Waals surface area contributed by atoms with E-state index in [2.05, 4.69) is 26.2 Å². The molecule has 0 radical (unpaired) electrons. The Bertz CT molecular complexity index is 143. The predicted molar refractivity (Wildman–Crippen MR) is 52.0 cm³/mol. The second-order valence-corrected chi connectivity index (χ2v) is 2.36. The van der Waals surface area contributed by atoms with Gasteiger partial charge in [0.15, 0.2) is 0 Å². The first-order valence-corrected chi connectivity index (χ1v) is 4.85. The molecule has 1 amide bonds. The minimum absolute atomic E-state index is 0.481. The van der Waals surface area contributed by atoms with Crippen molar-refractivity contribution in [3.05, 3.63) is 12.7 Å². The van der Waals surface area contributed by atoms with Gasteiger partial charge in [0.1, 0.15) is 0 Å². The molecule has 0 aliphatic heterocycles. The van der Waals surface area contributed by atoms with Crippen LogP contribution < -0.4 is 5.73 Å². The van der Waals surface area contributed by atoms with E-state index in [1.54, 1.807) is 0 Å². The van der Waals surface area contributed by atoms with E-state index >= 15 is 0 Å². The molecule has 4 N–H and O–H groups in total. The normalized spacial score (nSPS) is 6.77. The molecule has 0 aromatic heterocycles. The molecule has 0 atom stereocenters. The molecule has 0 aliphatic carbocycles. The third-order valence-corrected chi connectivity index (χ3v) is 0.701. The van der Waals surface area contributed by atoms with Gasteiger partial charge in [-0.05, 0) is 6.08 Å². The third kappa shape index (κ3) is 192. The Morgan fingerprint density at radius 1 is 1.46 bits per heavy atom. The summed E-state index contributed by atoms with van der Waals surface area (Å²) in [6.07, 6.45) is 3.69. The molecular weight excluding hydrogens is 193 g/mol. The first kappa shape index (κ1) is 18.1. The van der Waals surface area contributed by atoms with Crippen molar-refractivity contribution >= 4 is 14.2 Å². The van der Waals surface area contributed by atoms with Crippen molar-refractivity contribution in [1.82, 2.24) is 0 Å². The molecule has 0 saturated carbocycles. The summed E-state index contributed by atoms with van der Waals surface area (Å²) in [5.74, 6) is -0.481. The van der Waals surface area contributed by atoms with Crippen molar-refractivity contribution in [3.8, 4) is 0 Å². The molecule has 0 aromatic carbocycles. The van der Waals surface area contributed by atoms with Crippen LogP contribution in [0.4, 0.5) is 0 Å². The molecule has 0 aliphatic rings. The van der Waals surface area contributed by atoms with Gasteiger partial charge in [0.2, 0.25) is 5.91 Å². The summed E-state index contributed by atoms with van der Waals surface area (Å²) < 4.78 is 8.70. The smallest absolute Gasteiger partial charge is 0.366 e. The summed E-state index contributed by atoms with van der Waals surface area (Å²) >= 11 is 0. The molecule has 78 valence electrons. The van der Waals surface area contributed by atoms with Gasteiger partial charge in [0.05, 0.1) is 0 Å². The summed E-state index contributed by atoms with van der Waals surface area (Å²) in [6, 6.07) is 0. The van der Waals surface area contributed by atoms with Crippen molar-refractivity contribution in [2.75, 3.05) is 0 Å². The first-order valence-electron chi connectivity index (χ1n) is 3.69. The lowest BCUT2D eigenvalue weighted by atomic mass is 10.4. The number of amides is 1. The molecule has 0 unspecified atom stereocenters. The molecule has 0 rings (SSSR count). The van der Waals surface area contributed by atoms with Crippen LogP contribution in [0.3, 0.4) is 0 Å². The molecular formula is C7H17NO4P+. The number of primary amides is 1. The van der Waals surface area contributed by atoms with Crippen LogP contribution in [0.2, 0.25) is 0 Å². The summed E-state index contributed by atoms with van der Waals surface area (Å²) in [5.41, 5.74) is 4.53. The Balaban J connectivity index is -0.000000117. The zero-order valence-electron chi connectivity index (χ0n) is 7.93. The quantitative estimate of drug-likeness (QED) is 0.469. The Kier molecular flexibility index (Phi) is 24.2. The summed E-state index contributed by atoms with van der Waals surface area (Å²) in [6.45, 7) is 7.45. The maximum absolute atomic E-state index is 9.47. The van der Waals surface area contributed by atoms with Crippen LogP contribution in [0.1, 0.15) is 26.7 Å². The van der Waals surface area contributed by atoms with E-state index in [-0.39, 0.29) is 0 Å². The average Bonchev–Trinajstić information content (AvgIpc) is 2.04. The molecule has 5 nitrogen and oxygen atoms in total. The van der Waals surface area contributed by atoms with E-state index in [0.29, 0.717) is 0 Å². The van der Waals surface area contributed by atoms with Gasteiger partial charge < -0.3 is 5.73 Å². The number of carbonyl (C=O) groups is 1. The molecule has 13 heavy (non-hydrogen) atoms. The van der Waals surface area contributed by atoms with Gasteiger partial charge in [0, 0.05) is 4.57 Å². The second-order valence-electron chi connectivity index (χ2n) is 1.86. The maximum Gasteiger partial charge on any atom is 0.692 e. The average molecular weight is 210 g/mol. The minimum Gasteiger partial charge on any atom is -0.366 e. The predicted octanol–water partition coefficient (Wildman–Crippen LogP) is 1.09. The highest BCUT2D eigenvalue weighted by Gasteiger charge is 1.93. The summed E-state index contributed by atoms with van der Waals surface area (Å²) in [7, 11) is -2.87. The highest BCUT2D eigenvalue weighted by atomic mass is 31.1. The Hall–Kier alpha value is -0.770. The van der Waals surface area contributed by atoms with Crippen molar-refractivity contribution in [2.45, 2.75) is 26.7 Å². The van der Waals surface area contributed by atoms with Gasteiger partial charge in [-0.3, -0.25) is 4.79 Å². The fourth-order valence-corrected chi connectivity index (χ4v) is 0. The first-order chi connectivity index (χ1) is 5.92. The fourth-order valence-electron chi connectivity index (χ4n) is 0. The molecule has 0 heterocycles. The van der Waals surface area contributed by atoms with Gasteiger partial charge in [-0.15, -0.1) is 9.79 Å². The molecule has 0 saturated heterocycles. The highest BCUT2D eigenvalue weighted by molar-refractivity contribution is 7.30. The molecule has 0 bridgehead atoms. The Morgan fingerprint density at radius 3 is 1.62 bits per heavy atom.